The molecule has 3 rings (SSSR count). The van der Waals surface area contributed by atoms with Crippen molar-refractivity contribution in [2.24, 2.45) is 5.92 Å². The molecule has 1 saturated heterocycles. The van der Waals surface area contributed by atoms with Gasteiger partial charge in [0.25, 0.3) is 0 Å². The van der Waals surface area contributed by atoms with E-state index in [4.69, 9.17) is 0 Å². The number of carbonyl (C=O) groups excluding carboxylic acids is 1. The summed E-state index contributed by atoms with van der Waals surface area (Å²) in [4.78, 5) is 18.7. The minimum Gasteiger partial charge on any atom is -0.336 e. The van der Waals surface area contributed by atoms with Gasteiger partial charge in [0.1, 0.15) is 0 Å². The molecular formula is C17H24N2O. The second-order valence-corrected chi connectivity index (χ2v) is 6.21. The third-order valence-electron chi connectivity index (χ3n) is 4.91. The van der Waals surface area contributed by atoms with Crippen LogP contribution in [0.2, 0.25) is 0 Å². The molecule has 20 heavy (non-hydrogen) atoms. The smallest absolute Gasteiger partial charge is 0.223 e. The predicted molar refractivity (Wildman–Crippen MR) is 79.1 cm³/mol. The van der Waals surface area contributed by atoms with Gasteiger partial charge in [-0.05, 0) is 42.9 Å². The fraction of sp³-hybridized carbons (Fsp3) is 0.647. The van der Waals surface area contributed by atoms with Gasteiger partial charge in [-0.1, -0.05) is 25.7 Å². The number of hydrogen-bond donors (Lipinski definition) is 0. The first-order chi connectivity index (χ1) is 9.84. The summed E-state index contributed by atoms with van der Waals surface area (Å²) >= 11 is 0. The van der Waals surface area contributed by atoms with Crippen LogP contribution in [-0.4, -0.2) is 22.3 Å². The van der Waals surface area contributed by atoms with Crippen molar-refractivity contribution in [3.63, 3.8) is 0 Å². The Bertz CT molecular complexity index is 440. The van der Waals surface area contributed by atoms with Gasteiger partial charge < -0.3 is 4.90 Å². The Morgan fingerprint density at radius 1 is 1.15 bits per heavy atom. The number of carbonyl (C=O) groups is 1. The van der Waals surface area contributed by atoms with Crippen LogP contribution in [0.4, 0.5) is 0 Å². The molecule has 1 unspecified atom stereocenters. The molecule has 0 bridgehead atoms. The zero-order chi connectivity index (χ0) is 13.8. The minimum atomic E-state index is 0.286. The second-order valence-electron chi connectivity index (χ2n) is 6.21. The summed E-state index contributed by atoms with van der Waals surface area (Å²) in [6.45, 7) is 0.927. The van der Waals surface area contributed by atoms with Crippen LogP contribution in [-0.2, 0) is 4.79 Å². The third kappa shape index (κ3) is 3.02. The van der Waals surface area contributed by atoms with E-state index in [1.165, 1.54) is 31.2 Å². The Balaban J connectivity index is 1.58. The van der Waals surface area contributed by atoms with E-state index in [9.17, 15) is 4.79 Å². The molecule has 0 aromatic carbocycles. The van der Waals surface area contributed by atoms with Gasteiger partial charge >= 0.3 is 0 Å². The van der Waals surface area contributed by atoms with Crippen molar-refractivity contribution in [1.29, 1.82) is 0 Å². The molecule has 1 aliphatic carbocycles. The van der Waals surface area contributed by atoms with E-state index in [2.05, 4.69) is 9.88 Å². The van der Waals surface area contributed by atoms with Crippen molar-refractivity contribution < 1.29 is 4.79 Å². The molecule has 2 aliphatic rings. The van der Waals surface area contributed by atoms with Crippen LogP contribution in [0.3, 0.4) is 0 Å². The highest BCUT2D eigenvalue weighted by molar-refractivity contribution is 5.77. The molecule has 0 N–H and O–H groups in total. The molecule has 3 heteroatoms. The Kier molecular flexibility index (Phi) is 4.34. The Morgan fingerprint density at radius 3 is 2.65 bits per heavy atom. The molecule has 3 nitrogen and oxygen atoms in total. The van der Waals surface area contributed by atoms with Crippen LogP contribution in [0.5, 0.6) is 0 Å². The van der Waals surface area contributed by atoms with E-state index in [0.717, 1.165) is 38.1 Å². The average Bonchev–Trinajstić information content (AvgIpc) is 3.17. The van der Waals surface area contributed by atoms with Crippen molar-refractivity contribution in [3.05, 3.63) is 30.1 Å². The normalized spacial score (nSPS) is 23.4. The van der Waals surface area contributed by atoms with Gasteiger partial charge in [-0.3, -0.25) is 9.78 Å². The fourth-order valence-corrected chi connectivity index (χ4v) is 3.77. The van der Waals surface area contributed by atoms with Gasteiger partial charge in [-0.2, -0.15) is 0 Å². The number of pyridine rings is 1. The number of likely N-dealkylation sites (tertiary alicyclic amines) is 1. The van der Waals surface area contributed by atoms with Crippen LogP contribution in [0, 0.1) is 5.92 Å². The molecule has 2 fully saturated rings. The summed E-state index contributed by atoms with van der Waals surface area (Å²) in [5.41, 5.74) is 1.24. The third-order valence-corrected chi connectivity index (χ3v) is 4.91. The lowest BCUT2D eigenvalue weighted by atomic mass is 10.0. The number of aromatic nitrogens is 1. The van der Waals surface area contributed by atoms with Crippen molar-refractivity contribution in [2.45, 2.75) is 57.4 Å². The van der Waals surface area contributed by atoms with Gasteiger partial charge in [0, 0.05) is 25.4 Å². The molecule has 0 spiro atoms. The van der Waals surface area contributed by atoms with Gasteiger partial charge in [-0.15, -0.1) is 0 Å². The summed E-state index contributed by atoms with van der Waals surface area (Å²) in [5, 5.41) is 0. The van der Waals surface area contributed by atoms with Crippen molar-refractivity contribution in [2.75, 3.05) is 6.54 Å². The highest BCUT2D eigenvalue weighted by atomic mass is 16.2. The molecular weight excluding hydrogens is 248 g/mol. The fourth-order valence-electron chi connectivity index (χ4n) is 3.77. The zero-order valence-electron chi connectivity index (χ0n) is 12.1. The van der Waals surface area contributed by atoms with E-state index in [1.54, 1.807) is 0 Å². The second kappa shape index (κ2) is 6.38. The monoisotopic (exact) mass is 272 g/mol. The van der Waals surface area contributed by atoms with Gasteiger partial charge in [0.2, 0.25) is 5.91 Å². The first-order valence-electron chi connectivity index (χ1n) is 8.04. The van der Waals surface area contributed by atoms with Crippen LogP contribution in [0.25, 0.3) is 0 Å². The predicted octanol–water partition coefficient (Wildman–Crippen LogP) is 3.72. The summed E-state index contributed by atoms with van der Waals surface area (Å²) in [6, 6.07) is 4.38. The molecule has 108 valence electrons. The zero-order valence-corrected chi connectivity index (χ0v) is 12.1. The number of rotatable bonds is 4. The number of amides is 1. The number of nitrogens with zero attached hydrogens (tertiary/aromatic N) is 2. The van der Waals surface area contributed by atoms with Gasteiger partial charge in [0.05, 0.1) is 6.04 Å². The lowest BCUT2D eigenvalue weighted by molar-refractivity contribution is -0.132. The standard InChI is InChI=1S/C17H24N2O/c20-17(8-7-14-4-1-2-5-14)19-13-3-6-16(19)15-9-11-18-12-10-15/h9-12,14,16H,1-8,13H2. The molecule has 0 radical (unpaired) electrons. The molecule has 1 aromatic rings. The van der Waals surface area contributed by atoms with E-state index >= 15 is 0 Å². The van der Waals surface area contributed by atoms with E-state index in [-0.39, 0.29) is 6.04 Å². The Morgan fingerprint density at radius 2 is 1.90 bits per heavy atom. The van der Waals surface area contributed by atoms with Crippen molar-refractivity contribution in [1.82, 2.24) is 9.88 Å². The Labute approximate surface area is 121 Å². The number of hydrogen-bond acceptors (Lipinski definition) is 2. The van der Waals surface area contributed by atoms with Gasteiger partial charge in [0.15, 0.2) is 0 Å². The lowest BCUT2D eigenvalue weighted by Crippen LogP contribution is -2.30. The minimum absolute atomic E-state index is 0.286. The van der Waals surface area contributed by atoms with Gasteiger partial charge in [-0.25, -0.2) is 0 Å². The Hall–Kier alpha value is -1.38. The molecule has 1 saturated carbocycles. The van der Waals surface area contributed by atoms with Crippen LogP contribution in [0.1, 0.15) is 63.0 Å². The van der Waals surface area contributed by atoms with Crippen molar-refractivity contribution >= 4 is 5.91 Å². The maximum absolute atomic E-state index is 12.5. The van der Waals surface area contributed by atoms with E-state index < -0.39 is 0 Å². The maximum atomic E-state index is 12.5. The summed E-state index contributed by atoms with van der Waals surface area (Å²) in [5.74, 6) is 1.16. The lowest BCUT2D eigenvalue weighted by Gasteiger charge is -2.25. The van der Waals surface area contributed by atoms with E-state index in [1.807, 2.05) is 24.5 Å². The highest BCUT2D eigenvalue weighted by Crippen LogP contribution is 2.33. The van der Waals surface area contributed by atoms with Crippen molar-refractivity contribution in [3.8, 4) is 0 Å². The van der Waals surface area contributed by atoms with E-state index in [0.29, 0.717) is 5.91 Å². The summed E-state index contributed by atoms with van der Waals surface area (Å²) in [6.07, 6.45) is 13.1. The molecule has 1 aliphatic heterocycles. The van der Waals surface area contributed by atoms with Crippen LogP contribution < -0.4 is 0 Å². The average molecular weight is 272 g/mol. The molecule has 1 atom stereocenters. The molecule has 1 aromatic heterocycles. The van der Waals surface area contributed by atoms with Crippen LogP contribution >= 0.6 is 0 Å². The SMILES string of the molecule is O=C(CCC1CCCC1)N1CCCC1c1ccncc1. The summed E-state index contributed by atoms with van der Waals surface area (Å²) in [7, 11) is 0. The first-order valence-corrected chi connectivity index (χ1v) is 8.04. The highest BCUT2D eigenvalue weighted by Gasteiger charge is 2.30. The van der Waals surface area contributed by atoms with Crippen LogP contribution in [0.15, 0.2) is 24.5 Å². The maximum Gasteiger partial charge on any atom is 0.223 e. The first kappa shape index (κ1) is 13.6. The topological polar surface area (TPSA) is 33.2 Å². The molecule has 1 amide bonds. The molecule has 2 heterocycles. The summed E-state index contributed by atoms with van der Waals surface area (Å²) < 4.78 is 0. The quantitative estimate of drug-likeness (QED) is 0.837. The largest absolute Gasteiger partial charge is 0.336 e.